The van der Waals surface area contributed by atoms with Crippen molar-refractivity contribution in [3.8, 4) is 0 Å². The van der Waals surface area contributed by atoms with Gasteiger partial charge in [-0.1, -0.05) is 0 Å². The van der Waals surface area contributed by atoms with Crippen LogP contribution in [0.1, 0.15) is 12.0 Å². The second-order valence-corrected chi connectivity index (χ2v) is 3.24. The zero-order chi connectivity index (χ0) is 12.0. The molecule has 1 aromatic carbocycles. The Morgan fingerprint density at radius 2 is 2.25 bits per heavy atom. The van der Waals surface area contributed by atoms with Crippen molar-refractivity contribution in [1.82, 2.24) is 5.32 Å². The van der Waals surface area contributed by atoms with Gasteiger partial charge in [-0.25, -0.2) is 4.39 Å². The molecule has 0 fully saturated rings. The number of carbonyl (C=O) groups excluding carboxylic acids is 2. The number of benzene rings is 1. The summed E-state index contributed by atoms with van der Waals surface area (Å²) in [5.74, 6) is -0.520. The molecule has 0 spiro atoms. The smallest absolute Gasteiger partial charge is 0.220 e. The number of aryl methyl sites for hydroxylation is 1. The maximum Gasteiger partial charge on any atom is 0.220 e. The van der Waals surface area contributed by atoms with Crippen molar-refractivity contribution < 1.29 is 14.0 Å². The minimum atomic E-state index is -0.375. The highest BCUT2D eigenvalue weighted by molar-refractivity contribution is 5.76. The quantitative estimate of drug-likeness (QED) is 0.735. The van der Waals surface area contributed by atoms with E-state index in [4.69, 9.17) is 0 Å². The minimum Gasteiger partial charge on any atom is -0.359 e. The molecule has 0 atom stereocenters. The van der Waals surface area contributed by atoms with Gasteiger partial charge >= 0.3 is 0 Å². The Kier molecular flexibility index (Phi) is 4.44. The maximum atomic E-state index is 13.3. The molecule has 0 bridgehead atoms. The molecule has 5 heteroatoms. The summed E-state index contributed by atoms with van der Waals surface area (Å²) < 4.78 is 13.3. The van der Waals surface area contributed by atoms with Crippen molar-refractivity contribution in [2.24, 2.45) is 0 Å². The molecule has 0 aliphatic carbocycles. The lowest BCUT2D eigenvalue weighted by Gasteiger charge is -2.05. The summed E-state index contributed by atoms with van der Waals surface area (Å²) in [5, 5.41) is 4.89. The number of carbonyl (C=O) groups is 2. The van der Waals surface area contributed by atoms with E-state index in [1.165, 1.54) is 25.2 Å². The summed E-state index contributed by atoms with van der Waals surface area (Å²) in [4.78, 5) is 21.2. The molecular weight excluding hydrogens is 211 g/mol. The van der Waals surface area contributed by atoms with Crippen LogP contribution in [0.2, 0.25) is 0 Å². The van der Waals surface area contributed by atoms with Crippen LogP contribution < -0.4 is 10.6 Å². The number of rotatable bonds is 5. The van der Waals surface area contributed by atoms with Gasteiger partial charge in [-0.15, -0.1) is 0 Å². The van der Waals surface area contributed by atoms with Crippen LogP contribution in [-0.2, 0) is 16.0 Å². The van der Waals surface area contributed by atoms with E-state index in [2.05, 4.69) is 10.6 Å². The topological polar surface area (TPSA) is 58.2 Å². The zero-order valence-electron chi connectivity index (χ0n) is 8.92. The molecule has 0 aromatic heterocycles. The van der Waals surface area contributed by atoms with Gasteiger partial charge in [-0.3, -0.25) is 9.59 Å². The SMILES string of the molecule is CNC(=O)CCc1cc(NC=O)ccc1F. The Labute approximate surface area is 92.8 Å². The first-order valence-corrected chi connectivity index (χ1v) is 4.86. The molecule has 1 rings (SSSR count). The highest BCUT2D eigenvalue weighted by Gasteiger charge is 2.06. The van der Waals surface area contributed by atoms with Crippen molar-refractivity contribution >= 4 is 18.0 Å². The fourth-order valence-electron chi connectivity index (χ4n) is 1.30. The minimum absolute atomic E-state index is 0.145. The standard InChI is InChI=1S/C11H13FN2O2/c1-13-11(16)5-2-8-6-9(14-7-15)3-4-10(8)12/h3-4,6-7H,2,5H2,1H3,(H,13,16)(H,14,15). The van der Waals surface area contributed by atoms with Crippen molar-refractivity contribution in [3.05, 3.63) is 29.6 Å². The lowest BCUT2D eigenvalue weighted by Crippen LogP contribution is -2.18. The highest BCUT2D eigenvalue weighted by Crippen LogP contribution is 2.15. The Morgan fingerprint density at radius 3 is 2.88 bits per heavy atom. The third kappa shape index (κ3) is 3.34. The Balaban J connectivity index is 2.73. The highest BCUT2D eigenvalue weighted by atomic mass is 19.1. The van der Waals surface area contributed by atoms with Crippen LogP contribution in [0, 0.1) is 5.82 Å². The molecular formula is C11H13FN2O2. The van der Waals surface area contributed by atoms with Crippen molar-refractivity contribution in [3.63, 3.8) is 0 Å². The normalized spacial score (nSPS) is 9.62. The molecule has 2 N–H and O–H groups in total. The Bertz CT molecular complexity index is 394. The van der Waals surface area contributed by atoms with E-state index in [1.54, 1.807) is 0 Å². The number of amides is 2. The molecule has 1 aromatic rings. The number of hydrogen-bond donors (Lipinski definition) is 2. The monoisotopic (exact) mass is 224 g/mol. The Hall–Kier alpha value is -1.91. The van der Waals surface area contributed by atoms with Crippen LogP contribution in [0.5, 0.6) is 0 Å². The van der Waals surface area contributed by atoms with Crippen LogP contribution >= 0.6 is 0 Å². The first-order valence-electron chi connectivity index (χ1n) is 4.86. The van der Waals surface area contributed by atoms with Crippen LogP contribution in [0.15, 0.2) is 18.2 Å². The molecule has 0 aliphatic heterocycles. The number of halogens is 1. The third-order valence-electron chi connectivity index (χ3n) is 2.17. The average molecular weight is 224 g/mol. The summed E-state index contributed by atoms with van der Waals surface area (Å²) in [6.07, 6.45) is 1.05. The first kappa shape index (κ1) is 12.2. The predicted molar refractivity (Wildman–Crippen MR) is 58.5 cm³/mol. The van der Waals surface area contributed by atoms with E-state index in [9.17, 15) is 14.0 Å². The molecule has 0 heterocycles. The fourth-order valence-corrected chi connectivity index (χ4v) is 1.30. The molecule has 4 nitrogen and oxygen atoms in total. The largest absolute Gasteiger partial charge is 0.359 e. The molecule has 16 heavy (non-hydrogen) atoms. The summed E-state index contributed by atoms with van der Waals surface area (Å²) in [5.41, 5.74) is 0.929. The van der Waals surface area contributed by atoms with Gasteiger partial charge in [0.25, 0.3) is 0 Å². The van der Waals surface area contributed by atoms with Gasteiger partial charge in [0.2, 0.25) is 12.3 Å². The lowest BCUT2D eigenvalue weighted by molar-refractivity contribution is -0.120. The second kappa shape index (κ2) is 5.85. The molecule has 0 radical (unpaired) electrons. The van der Waals surface area contributed by atoms with E-state index >= 15 is 0 Å². The molecule has 0 saturated heterocycles. The van der Waals surface area contributed by atoms with Crippen LogP contribution in [0.25, 0.3) is 0 Å². The lowest BCUT2D eigenvalue weighted by atomic mass is 10.1. The van der Waals surface area contributed by atoms with E-state index in [1.807, 2.05) is 0 Å². The summed E-state index contributed by atoms with van der Waals surface area (Å²) in [6, 6.07) is 4.25. The number of hydrogen-bond acceptors (Lipinski definition) is 2. The van der Waals surface area contributed by atoms with Gasteiger partial charge in [-0.05, 0) is 30.2 Å². The van der Waals surface area contributed by atoms with Gasteiger partial charge in [0.1, 0.15) is 5.82 Å². The summed E-state index contributed by atoms with van der Waals surface area (Å²) in [6.45, 7) is 0. The van der Waals surface area contributed by atoms with Gasteiger partial charge in [0.05, 0.1) is 0 Å². The summed E-state index contributed by atoms with van der Waals surface area (Å²) >= 11 is 0. The van der Waals surface area contributed by atoms with E-state index in [0.717, 1.165) is 0 Å². The first-order chi connectivity index (χ1) is 7.67. The zero-order valence-corrected chi connectivity index (χ0v) is 8.92. The van der Waals surface area contributed by atoms with E-state index < -0.39 is 0 Å². The molecule has 0 aliphatic rings. The maximum absolute atomic E-state index is 13.3. The molecule has 0 unspecified atom stereocenters. The van der Waals surface area contributed by atoms with Crippen LogP contribution in [0.3, 0.4) is 0 Å². The average Bonchev–Trinajstić information content (AvgIpc) is 2.29. The van der Waals surface area contributed by atoms with E-state index in [-0.39, 0.29) is 18.1 Å². The van der Waals surface area contributed by atoms with Gasteiger partial charge in [0.15, 0.2) is 0 Å². The molecule has 86 valence electrons. The van der Waals surface area contributed by atoms with Gasteiger partial charge in [0, 0.05) is 19.2 Å². The summed E-state index contributed by atoms with van der Waals surface area (Å²) in [7, 11) is 1.53. The second-order valence-electron chi connectivity index (χ2n) is 3.24. The predicted octanol–water partition coefficient (Wildman–Crippen LogP) is 1.07. The van der Waals surface area contributed by atoms with Gasteiger partial charge < -0.3 is 10.6 Å². The molecule has 0 saturated carbocycles. The van der Waals surface area contributed by atoms with Crippen molar-refractivity contribution in [2.75, 3.05) is 12.4 Å². The number of anilines is 1. The van der Waals surface area contributed by atoms with Crippen LogP contribution in [0.4, 0.5) is 10.1 Å². The Morgan fingerprint density at radius 1 is 1.50 bits per heavy atom. The number of nitrogens with one attached hydrogen (secondary N) is 2. The van der Waals surface area contributed by atoms with Crippen LogP contribution in [-0.4, -0.2) is 19.4 Å². The third-order valence-corrected chi connectivity index (χ3v) is 2.17. The van der Waals surface area contributed by atoms with Crippen molar-refractivity contribution in [1.29, 1.82) is 0 Å². The van der Waals surface area contributed by atoms with E-state index in [0.29, 0.717) is 24.1 Å². The fraction of sp³-hybridized carbons (Fsp3) is 0.273. The van der Waals surface area contributed by atoms with Gasteiger partial charge in [-0.2, -0.15) is 0 Å². The molecule has 2 amide bonds. The van der Waals surface area contributed by atoms with Crippen molar-refractivity contribution in [2.45, 2.75) is 12.8 Å².